The van der Waals surface area contributed by atoms with Crippen molar-refractivity contribution >= 4 is 11.7 Å². The quantitative estimate of drug-likeness (QED) is 0.774. The molecule has 2 N–H and O–H groups in total. The molecule has 1 heterocycles. The summed E-state index contributed by atoms with van der Waals surface area (Å²) in [5.74, 6) is -1.26. The molecule has 0 spiro atoms. The van der Waals surface area contributed by atoms with E-state index in [1.807, 2.05) is 0 Å². The van der Waals surface area contributed by atoms with Crippen LogP contribution in [0.4, 0.5) is 5.69 Å². The van der Waals surface area contributed by atoms with Crippen LogP contribution in [-0.2, 0) is 0 Å². The van der Waals surface area contributed by atoms with Gasteiger partial charge < -0.3 is 15.1 Å². The number of aromatic hydroxyl groups is 1. The Morgan fingerprint density at radius 2 is 1.93 bits per heavy atom. The van der Waals surface area contributed by atoms with Gasteiger partial charge in [0.15, 0.2) is 0 Å². The number of nitrogens with zero attached hydrogens (tertiary/aromatic N) is 1. The molecule has 0 bridgehead atoms. The molecular weight excluding hydrogens is 194 g/mol. The third-order valence-corrected chi connectivity index (χ3v) is 2.68. The standard InChI is InChI=1S/C11H13NO3/c13-10-4-3-8(7-9(10)11(14)15)12-5-1-2-6-12/h3-4,7,13H,1-2,5-6H2,(H,14,15). The Balaban J connectivity index is 2.33. The maximum atomic E-state index is 10.8. The van der Waals surface area contributed by atoms with Crippen LogP contribution in [0.5, 0.6) is 5.75 Å². The van der Waals surface area contributed by atoms with E-state index in [1.165, 1.54) is 12.1 Å². The lowest BCUT2D eigenvalue weighted by Gasteiger charge is -2.18. The normalized spacial score (nSPS) is 15.6. The lowest BCUT2D eigenvalue weighted by Crippen LogP contribution is -2.17. The number of aromatic carboxylic acids is 1. The molecule has 1 aliphatic rings. The molecule has 0 unspecified atom stereocenters. The van der Waals surface area contributed by atoms with Gasteiger partial charge in [0.25, 0.3) is 0 Å². The largest absolute Gasteiger partial charge is 0.507 e. The molecule has 1 aromatic rings. The first-order valence-corrected chi connectivity index (χ1v) is 5.00. The number of anilines is 1. The number of rotatable bonds is 2. The summed E-state index contributed by atoms with van der Waals surface area (Å²) < 4.78 is 0. The van der Waals surface area contributed by atoms with Crippen molar-refractivity contribution in [3.05, 3.63) is 23.8 Å². The van der Waals surface area contributed by atoms with E-state index >= 15 is 0 Å². The molecular formula is C11H13NO3. The van der Waals surface area contributed by atoms with Crippen LogP contribution in [0.15, 0.2) is 18.2 Å². The Morgan fingerprint density at radius 1 is 1.27 bits per heavy atom. The lowest BCUT2D eigenvalue weighted by molar-refractivity contribution is 0.0694. The van der Waals surface area contributed by atoms with E-state index in [-0.39, 0.29) is 11.3 Å². The second-order valence-corrected chi connectivity index (χ2v) is 3.70. The van der Waals surface area contributed by atoms with E-state index in [1.54, 1.807) is 6.07 Å². The van der Waals surface area contributed by atoms with Crippen LogP contribution in [0.1, 0.15) is 23.2 Å². The molecule has 1 aromatic carbocycles. The predicted octanol–water partition coefficient (Wildman–Crippen LogP) is 1.69. The van der Waals surface area contributed by atoms with Gasteiger partial charge in [-0.2, -0.15) is 0 Å². The van der Waals surface area contributed by atoms with Gasteiger partial charge in [-0.3, -0.25) is 0 Å². The van der Waals surface area contributed by atoms with Gasteiger partial charge in [-0.25, -0.2) is 4.79 Å². The second kappa shape index (κ2) is 3.81. The van der Waals surface area contributed by atoms with Gasteiger partial charge in [-0.1, -0.05) is 0 Å². The number of benzene rings is 1. The number of phenols is 1. The van der Waals surface area contributed by atoms with Crippen molar-refractivity contribution in [1.82, 2.24) is 0 Å². The summed E-state index contributed by atoms with van der Waals surface area (Å²) in [6.07, 6.45) is 2.28. The topological polar surface area (TPSA) is 60.8 Å². The highest BCUT2D eigenvalue weighted by Gasteiger charge is 2.16. The average molecular weight is 207 g/mol. The van der Waals surface area contributed by atoms with Crippen molar-refractivity contribution in [2.24, 2.45) is 0 Å². The zero-order valence-corrected chi connectivity index (χ0v) is 8.31. The molecule has 0 atom stereocenters. The highest BCUT2D eigenvalue weighted by atomic mass is 16.4. The smallest absolute Gasteiger partial charge is 0.339 e. The van der Waals surface area contributed by atoms with E-state index in [2.05, 4.69) is 4.90 Å². The van der Waals surface area contributed by atoms with Crippen molar-refractivity contribution < 1.29 is 15.0 Å². The summed E-state index contributed by atoms with van der Waals surface area (Å²) in [5, 5.41) is 18.2. The number of carbonyl (C=O) groups is 1. The highest BCUT2D eigenvalue weighted by Crippen LogP contribution is 2.26. The minimum absolute atomic E-state index is 0.0283. The molecule has 0 aromatic heterocycles. The summed E-state index contributed by atoms with van der Waals surface area (Å²) in [7, 11) is 0. The molecule has 1 fully saturated rings. The predicted molar refractivity (Wildman–Crippen MR) is 56.5 cm³/mol. The fraction of sp³-hybridized carbons (Fsp3) is 0.364. The molecule has 4 nitrogen and oxygen atoms in total. The molecule has 2 rings (SSSR count). The van der Waals surface area contributed by atoms with Crippen molar-refractivity contribution in [2.75, 3.05) is 18.0 Å². The molecule has 0 amide bonds. The first kappa shape index (κ1) is 9.83. The van der Waals surface area contributed by atoms with Crippen molar-refractivity contribution in [3.63, 3.8) is 0 Å². The Labute approximate surface area is 87.8 Å². The van der Waals surface area contributed by atoms with Gasteiger partial charge in [-0.05, 0) is 31.0 Å². The second-order valence-electron chi connectivity index (χ2n) is 3.70. The van der Waals surface area contributed by atoms with Gasteiger partial charge in [0.1, 0.15) is 11.3 Å². The maximum absolute atomic E-state index is 10.8. The zero-order chi connectivity index (χ0) is 10.8. The van der Waals surface area contributed by atoms with E-state index < -0.39 is 5.97 Å². The van der Waals surface area contributed by atoms with Crippen LogP contribution in [0.2, 0.25) is 0 Å². The third-order valence-electron chi connectivity index (χ3n) is 2.68. The van der Waals surface area contributed by atoms with Gasteiger partial charge in [0.2, 0.25) is 0 Å². The zero-order valence-electron chi connectivity index (χ0n) is 8.31. The summed E-state index contributed by atoms with van der Waals surface area (Å²) in [4.78, 5) is 12.9. The van der Waals surface area contributed by atoms with E-state index in [0.29, 0.717) is 0 Å². The molecule has 80 valence electrons. The fourth-order valence-corrected chi connectivity index (χ4v) is 1.87. The summed E-state index contributed by atoms with van der Waals surface area (Å²) in [6, 6.07) is 4.73. The SMILES string of the molecule is O=C(O)c1cc(N2CCCC2)ccc1O. The average Bonchev–Trinajstić information content (AvgIpc) is 2.71. The van der Waals surface area contributed by atoms with Crippen LogP contribution in [0.25, 0.3) is 0 Å². The lowest BCUT2D eigenvalue weighted by atomic mass is 10.1. The minimum Gasteiger partial charge on any atom is -0.507 e. The number of carboxylic acid groups (broad SMARTS) is 1. The molecule has 1 saturated heterocycles. The van der Waals surface area contributed by atoms with Crippen molar-refractivity contribution in [3.8, 4) is 5.75 Å². The van der Waals surface area contributed by atoms with E-state index in [0.717, 1.165) is 31.6 Å². The highest BCUT2D eigenvalue weighted by molar-refractivity contribution is 5.92. The number of hydrogen-bond donors (Lipinski definition) is 2. The van der Waals surface area contributed by atoms with Crippen LogP contribution in [0.3, 0.4) is 0 Å². The molecule has 4 heteroatoms. The minimum atomic E-state index is -1.09. The first-order valence-electron chi connectivity index (χ1n) is 5.00. The van der Waals surface area contributed by atoms with Crippen LogP contribution in [0, 0.1) is 0 Å². The van der Waals surface area contributed by atoms with Crippen molar-refractivity contribution in [2.45, 2.75) is 12.8 Å². The van der Waals surface area contributed by atoms with Crippen LogP contribution in [-0.4, -0.2) is 29.3 Å². The molecule has 15 heavy (non-hydrogen) atoms. The van der Waals surface area contributed by atoms with Gasteiger partial charge in [-0.15, -0.1) is 0 Å². The maximum Gasteiger partial charge on any atom is 0.339 e. The fourth-order valence-electron chi connectivity index (χ4n) is 1.87. The Kier molecular flexibility index (Phi) is 2.49. The van der Waals surface area contributed by atoms with Crippen molar-refractivity contribution in [1.29, 1.82) is 0 Å². The molecule has 0 aliphatic carbocycles. The van der Waals surface area contributed by atoms with Gasteiger partial charge in [0, 0.05) is 18.8 Å². The monoisotopic (exact) mass is 207 g/mol. The van der Waals surface area contributed by atoms with Crippen LogP contribution < -0.4 is 4.90 Å². The Hall–Kier alpha value is -1.71. The summed E-state index contributed by atoms with van der Waals surface area (Å²) in [6.45, 7) is 1.92. The summed E-state index contributed by atoms with van der Waals surface area (Å²) in [5.41, 5.74) is 0.849. The molecule has 1 aliphatic heterocycles. The molecule has 0 saturated carbocycles. The number of carboxylic acids is 1. The van der Waals surface area contributed by atoms with Crippen LogP contribution >= 0.6 is 0 Å². The molecule has 0 radical (unpaired) electrons. The summed E-state index contributed by atoms with van der Waals surface area (Å²) >= 11 is 0. The van der Waals surface area contributed by atoms with E-state index in [4.69, 9.17) is 5.11 Å². The van der Waals surface area contributed by atoms with Gasteiger partial charge >= 0.3 is 5.97 Å². The third kappa shape index (κ3) is 1.88. The Morgan fingerprint density at radius 3 is 2.53 bits per heavy atom. The number of hydrogen-bond acceptors (Lipinski definition) is 3. The Bertz CT molecular complexity index is 383. The van der Waals surface area contributed by atoms with E-state index in [9.17, 15) is 9.90 Å². The van der Waals surface area contributed by atoms with Gasteiger partial charge in [0.05, 0.1) is 0 Å². The first-order chi connectivity index (χ1) is 7.18.